The maximum atomic E-state index is 12.4. The molecule has 24 heavy (non-hydrogen) atoms. The van der Waals surface area contributed by atoms with Crippen molar-refractivity contribution in [1.82, 2.24) is 10.4 Å². The molecule has 1 N–H and O–H groups in total. The van der Waals surface area contributed by atoms with Gasteiger partial charge in [0.05, 0.1) is 6.26 Å². The van der Waals surface area contributed by atoms with Gasteiger partial charge in [-0.1, -0.05) is 20.8 Å². The van der Waals surface area contributed by atoms with Gasteiger partial charge in [-0.2, -0.15) is 0 Å². The van der Waals surface area contributed by atoms with E-state index in [9.17, 15) is 4.79 Å². The molecule has 2 bridgehead atoms. The average Bonchev–Trinajstić information content (AvgIpc) is 3.10. The Bertz CT molecular complexity index is 470. The maximum Gasteiger partial charge on any atom is 0.284 e. The lowest BCUT2D eigenvalue weighted by molar-refractivity contribution is -0.122. The molecule has 1 heterocycles. The smallest absolute Gasteiger partial charge is 0.284 e. The van der Waals surface area contributed by atoms with Crippen LogP contribution in [-0.2, 0) is 20.4 Å². The topological polar surface area (TPSA) is 41.6 Å². The number of nitrogens with zero attached hydrogens (tertiary/aromatic N) is 1. The molecule has 0 spiro atoms. The van der Waals surface area contributed by atoms with Crippen molar-refractivity contribution in [2.45, 2.75) is 57.8 Å². The predicted molar refractivity (Wildman–Crippen MR) is 96.3 cm³/mol. The van der Waals surface area contributed by atoms with Crippen molar-refractivity contribution in [3.63, 3.8) is 0 Å². The van der Waals surface area contributed by atoms with E-state index in [2.05, 4.69) is 37.5 Å². The molecule has 2 aliphatic carbocycles. The molecule has 2 saturated carbocycles. The van der Waals surface area contributed by atoms with E-state index in [-0.39, 0.29) is 39.2 Å². The van der Waals surface area contributed by atoms with E-state index < -0.39 is 0 Å². The number of hydrogen-bond acceptors (Lipinski definition) is 3. The lowest BCUT2D eigenvalue weighted by Crippen LogP contribution is -3.00. The lowest BCUT2D eigenvalue weighted by atomic mass is 9.70. The zero-order chi connectivity index (χ0) is 16.8. The van der Waals surface area contributed by atoms with Gasteiger partial charge in [-0.3, -0.25) is 10.2 Å². The van der Waals surface area contributed by atoms with Crippen LogP contribution in [0, 0.1) is 16.7 Å². The molecule has 1 aliphatic heterocycles. The Morgan fingerprint density at radius 1 is 1.29 bits per heavy atom. The first-order valence-electron chi connectivity index (χ1n) is 9.00. The average molecular weight is 421 g/mol. The van der Waals surface area contributed by atoms with Crippen LogP contribution in [0.5, 0.6) is 0 Å². The zero-order valence-electron chi connectivity index (χ0n) is 15.7. The number of ether oxygens (including phenoxy) is 1. The molecule has 0 radical (unpaired) electrons. The van der Waals surface area contributed by atoms with Gasteiger partial charge in [0.15, 0.2) is 5.75 Å². The number of hydrogen-bond donors (Lipinski definition) is 1. The Balaban J connectivity index is 0.00000208. The second-order valence-electron chi connectivity index (χ2n) is 8.47. The van der Waals surface area contributed by atoms with E-state index in [1.54, 1.807) is 0 Å². The standard InChI is InChI=1S/C18H32N2O2S.BrH/c1-17(2)13-8-9-18(17,3)16(22-4)15(13)23(5)12-14(21)19-20-10-6-7-11-20;/h13,15-16H,6-12H2,1-5H3;1H/t13?,15-,16-,18+,23?;/m1./s1. The second kappa shape index (κ2) is 7.45. The molecule has 2 unspecified atom stereocenters. The van der Waals surface area contributed by atoms with Crippen molar-refractivity contribution in [2.75, 3.05) is 32.2 Å². The summed E-state index contributed by atoms with van der Waals surface area (Å²) in [6, 6.07) is 0. The van der Waals surface area contributed by atoms with Gasteiger partial charge in [-0.05, 0) is 42.0 Å². The minimum absolute atomic E-state index is 0. The molecule has 140 valence electrons. The number of nitrogens with one attached hydrogen (secondary N) is 1. The lowest BCUT2D eigenvalue weighted by Gasteiger charge is -2.38. The van der Waals surface area contributed by atoms with E-state index in [4.69, 9.17) is 4.74 Å². The van der Waals surface area contributed by atoms with Crippen molar-refractivity contribution in [2.24, 2.45) is 16.7 Å². The summed E-state index contributed by atoms with van der Waals surface area (Å²) in [5, 5.41) is 2.61. The summed E-state index contributed by atoms with van der Waals surface area (Å²) < 4.78 is 6.00. The number of halogens is 1. The third-order valence-corrected chi connectivity index (χ3v) is 9.39. The molecular formula is C18H33BrN2O2S. The molecule has 0 aromatic rings. The monoisotopic (exact) mass is 420 g/mol. The van der Waals surface area contributed by atoms with Crippen LogP contribution < -0.4 is 22.4 Å². The van der Waals surface area contributed by atoms with Crippen molar-refractivity contribution in [1.29, 1.82) is 0 Å². The van der Waals surface area contributed by atoms with Crippen LogP contribution in [0.2, 0.25) is 0 Å². The van der Waals surface area contributed by atoms with Gasteiger partial charge >= 0.3 is 0 Å². The summed E-state index contributed by atoms with van der Waals surface area (Å²) in [5.74, 6) is 1.52. The summed E-state index contributed by atoms with van der Waals surface area (Å²) in [6.07, 6.45) is 7.52. The highest BCUT2D eigenvalue weighted by atomic mass is 79.9. The number of hydrazine groups is 1. The zero-order valence-corrected chi connectivity index (χ0v) is 18.1. The minimum Gasteiger partial charge on any atom is -1.00 e. The fraction of sp³-hybridized carbons (Fsp3) is 0.944. The molecule has 3 fully saturated rings. The van der Waals surface area contributed by atoms with Gasteiger partial charge < -0.3 is 21.7 Å². The molecule has 1 saturated heterocycles. The quantitative estimate of drug-likeness (QED) is 0.592. The summed E-state index contributed by atoms with van der Waals surface area (Å²) in [4.78, 5) is 12.4. The Hall–Kier alpha value is 0.220. The minimum atomic E-state index is 0. The summed E-state index contributed by atoms with van der Waals surface area (Å²) in [5.41, 5.74) is 3.67. The van der Waals surface area contributed by atoms with Crippen LogP contribution in [0.15, 0.2) is 0 Å². The Labute approximate surface area is 160 Å². The van der Waals surface area contributed by atoms with Crippen molar-refractivity contribution < 1.29 is 26.5 Å². The number of carbonyl (C=O) groups is 1. The first-order chi connectivity index (χ1) is 10.8. The Morgan fingerprint density at radius 3 is 2.50 bits per heavy atom. The van der Waals surface area contributed by atoms with Crippen LogP contribution in [0.4, 0.5) is 0 Å². The number of amides is 1. The van der Waals surface area contributed by atoms with Crippen molar-refractivity contribution in [3.8, 4) is 0 Å². The van der Waals surface area contributed by atoms with Crippen LogP contribution in [0.1, 0.15) is 46.5 Å². The van der Waals surface area contributed by atoms with Gasteiger partial charge in [0.2, 0.25) is 0 Å². The van der Waals surface area contributed by atoms with Crippen molar-refractivity contribution in [3.05, 3.63) is 0 Å². The first-order valence-corrected chi connectivity index (χ1v) is 10.9. The molecular weight excluding hydrogens is 388 g/mol. The van der Waals surface area contributed by atoms with E-state index >= 15 is 0 Å². The largest absolute Gasteiger partial charge is 1.00 e. The highest BCUT2D eigenvalue weighted by Crippen LogP contribution is 2.67. The fourth-order valence-corrected chi connectivity index (χ4v) is 7.99. The molecule has 6 heteroatoms. The fourth-order valence-electron chi connectivity index (χ4n) is 5.45. The maximum absolute atomic E-state index is 12.4. The number of methoxy groups -OCH3 is 1. The van der Waals surface area contributed by atoms with Crippen LogP contribution in [-0.4, -0.2) is 54.5 Å². The number of rotatable bonds is 5. The van der Waals surface area contributed by atoms with Gasteiger partial charge in [-0.25, -0.2) is 5.01 Å². The molecule has 3 rings (SSSR count). The molecule has 0 aromatic heterocycles. The molecule has 0 aromatic carbocycles. The third-order valence-electron chi connectivity index (χ3n) is 7.16. The normalized spacial score (nSPS) is 38.8. The highest BCUT2D eigenvalue weighted by Gasteiger charge is 2.70. The van der Waals surface area contributed by atoms with E-state index in [1.165, 1.54) is 25.7 Å². The second-order valence-corrected chi connectivity index (χ2v) is 10.7. The summed E-state index contributed by atoms with van der Waals surface area (Å²) >= 11 is 0. The third kappa shape index (κ3) is 3.17. The first kappa shape index (κ1) is 20.5. The molecule has 5 atom stereocenters. The van der Waals surface area contributed by atoms with Crippen LogP contribution in [0.3, 0.4) is 0 Å². The predicted octanol–water partition coefficient (Wildman–Crippen LogP) is -0.795. The van der Waals surface area contributed by atoms with E-state index in [1.807, 2.05) is 7.11 Å². The van der Waals surface area contributed by atoms with Crippen LogP contribution in [0.25, 0.3) is 0 Å². The Morgan fingerprint density at radius 2 is 1.92 bits per heavy atom. The molecule has 3 aliphatic rings. The Kier molecular flexibility index (Phi) is 6.38. The number of fused-ring (bicyclic) bond motifs is 2. The van der Waals surface area contributed by atoms with Gasteiger partial charge in [-0.15, -0.1) is 0 Å². The van der Waals surface area contributed by atoms with Gasteiger partial charge in [0.1, 0.15) is 11.4 Å². The molecule has 1 amide bonds. The van der Waals surface area contributed by atoms with E-state index in [0.29, 0.717) is 28.4 Å². The summed E-state index contributed by atoms with van der Waals surface area (Å²) in [6.45, 7) is 9.24. The van der Waals surface area contributed by atoms with Gasteiger partial charge in [0.25, 0.3) is 5.91 Å². The molecule has 4 nitrogen and oxygen atoms in total. The van der Waals surface area contributed by atoms with Crippen molar-refractivity contribution >= 4 is 16.8 Å². The van der Waals surface area contributed by atoms with E-state index in [0.717, 1.165) is 13.1 Å². The summed E-state index contributed by atoms with van der Waals surface area (Å²) in [7, 11) is 1.92. The SMILES string of the molecule is CO[C@@H]1[C@H]([S+](C)CC(=O)NN2CCCC2)C2CC[C@]1(C)C2(C)C.[Br-]. The highest BCUT2D eigenvalue weighted by molar-refractivity contribution is 7.97. The number of carbonyl (C=O) groups excluding carboxylic acids is 1. The van der Waals surface area contributed by atoms with Gasteiger partial charge in [0, 0.05) is 31.5 Å². The van der Waals surface area contributed by atoms with Crippen LogP contribution >= 0.6 is 0 Å².